The Bertz CT molecular complexity index is 187. The highest BCUT2D eigenvalue weighted by atomic mass is 31.2. The Kier molecular flexibility index (Phi) is 3.85. The first-order valence-corrected chi connectivity index (χ1v) is 4.32. The van der Waals surface area contributed by atoms with Gasteiger partial charge in [-0.3, -0.25) is 9.32 Å². The molecule has 0 aliphatic rings. The molecule has 0 fully saturated rings. The lowest BCUT2D eigenvalue weighted by Crippen LogP contribution is -2.32. The monoisotopic (exact) mass is 183 g/mol. The van der Waals surface area contributed by atoms with Gasteiger partial charge in [0.25, 0.3) is 0 Å². The number of ketones is 1. The molecule has 66 valence electrons. The molecule has 0 aliphatic carbocycles. The van der Waals surface area contributed by atoms with Gasteiger partial charge >= 0.3 is 7.82 Å². The SMILES string of the molecule is CC(=O)[C@H](N)COP(=O)(O)O. The van der Waals surface area contributed by atoms with Crippen molar-refractivity contribution in [1.82, 2.24) is 0 Å². The van der Waals surface area contributed by atoms with Gasteiger partial charge in [0.2, 0.25) is 0 Å². The predicted octanol–water partition coefficient (Wildman–Crippen LogP) is -0.988. The van der Waals surface area contributed by atoms with E-state index in [9.17, 15) is 9.36 Å². The summed E-state index contributed by atoms with van der Waals surface area (Å²) in [6, 6.07) is -0.970. The van der Waals surface area contributed by atoms with E-state index < -0.39 is 20.5 Å². The second-order valence-corrected chi connectivity index (χ2v) is 3.24. The number of hydrogen-bond donors (Lipinski definition) is 3. The average molecular weight is 183 g/mol. The van der Waals surface area contributed by atoms with E-state index in [1.807, 2.05) is 0 Å². The van der Waals surface area contributed by atoms with Crippen LogP contribution in [0.3, 0.4) is 0 Å². The van der Waals surface area contributed by atoms with Crippen molar-refractivity contribution in [2.24, 2.45) is 5.73 Å². The lowest BCUT2D eigenvalue weighted by molar-refractivity contribution is -0.118. The molecule has 0 bridgehead atoms. The smallest absolute Gasteiger partial charge is 0.320 e. The number of Topliss-reactive ketones (excluding diaryl/α,β-unsaturated/α-hetero) is 1. The Morgan fingerprint density at radius 1 is 1.73 bits per heavy atom. The van der Waals surface area contributed by atoms with Crippen molar-refractivity contribution in [3.63, 3.8) is 0 Å². The van der Waals surface area contributed by atoms with Crippen LogP contribution in [0.4, 0.5) is 0 Å². The van der Waals surface area contributed by atoms with Crippen LogP contribution in [-0.2, 0) is 13.9 Å². The third-order valence-corrected chi connectivity index (χ3v) is 1.43. The quantitative estimate of drug-likeness (QED) is 0.483. The van der Waals surface area contributed by atoms with Crippen LogP contribution in [-0.4, -0.2) is 28.2 Å². The average Bonchev–Trinajstić information content (AvgIpc) is 1.80. The van der Waals surface area contributed by atoms with Crippen molar-refractivity contribution in [2.45, 2.75) is 13.0 Å². The standard InChI is InChI=1S/C4H10NO5P/c1-3(6)4(5)2-10-11(7,8)9/h4H,2,5H2,1H3,(H2,7,8,9)/t4-/m1/s1. The van der Waals surface area contributed by atoms with Crippen LogP contribution in [0.2, 0.25) is 0 Å². The topological polar surface area (TPSA) is 110 Å². The van der Waals surface area contributed by atoms with Gasteiger partial charge in [0.15, 0.2) is 0 Å². The van der Waals surface area contributed by atoms with Gasteiger partial charge in [0, 0.05) is 0 Å². The minimum absolute atomic E-state index is 0.376. The van der Waals surface area contributed by atoms with Gasteiger partial charge in [-0.25, -0.2) is 4.57 Å². The van der Waals surface area contributed by atoms with E-state index in [0.29, 0.717) is 0 Å². The molecule has 0 aromatic heterocycles. The highest BCUT2D eigenvalue weighted by Gasteiger charge is 2.17. The largest absolute Gasteiger partial charge is 0.469 e. The number of phosphoric acid groups is 1. The molecule has 0 saturated heterocycles. The zero-order valence-corrected chi connectivity index (χ0v) is 6.82. The molecule has 6 nitrogen and oxygen atoms in total. The van der Waals surface area contributed by atoms with E-state index >= 15 is 0 Å². The molecule has 4 N–H and O–H groups in total. The molecule has 0 amide bonds. The van der Waals surface area contributed by atoms with Crippen molar-refractivity contribution < 1.29 is 23.7 Å². The van der Waals surface area contributed by atoms with Crippen LogP contribution in [0.5, 0.6) is 0 Å². The van der Waals surface area contributed by atoms with Gasteiger partial charge in [0.05, 0.1) is 12.6 Å². The van der Waals surface area contributed by atoms with Crippen molar-refractivity contribution >= 4 is 13.6 Å². The molecule has 0 aromatic rings. The number of hydrogen-bond acceptors (Lipinski definition) is 4. The van der Waals surface area contributed by atoms with Crippen LogP contribution in [0, 0.1) is 0 Å². The first kappa shape index (κ1) is 10.7. The number of carbonyl (C=O) groups excluding carboxylic acids is 1. The molecule has 0 aliphatic heterocycles. The summed E-state index contributed by atoms with van der Waals surface area (Å²) >= 11 is 0. The Labute approximate surface area is 63.6 Å². The number of nitrogens with two attached hydrogens (primary N) is 1. The minimum atomic E-state index is -4.49. The van der Waals surface area contributed by atoms with Crippen LogP contribution >= 0.6 is 7.82 Å². The van der Waals surface area contributed by atoms with E-state index in [4.69, 9.17) is 15.5 Å². The van der Waals surface area contributed by atoms with E-state index in [1.165, 1.54) is 6.92 Å². The summed E-state index contributed by atoms with van der Waals surface area (Å²) in [5, 5.41) is 0. The molecular formula is C4H10NO5P. The van der Waals surface area contributed by atoms with Gasteiger partial charge in [-0.05, 0) is 6.92 Å². The molecule has 11 heavy (non-hydrogen) atoms. The second-order valence-electron chi connectivity index (χ2n) is 2.00. The molecule has 0 unspecified atom stereocenters. The lowest BCUT2D eigenvalue weighted by Gasteiger charge is -2.08. The van der Waals surface area contributed by atoms with E-state index in [0.717, 1.165) is 0 Å². The highest BCUT2D eigenvalue weighted by Crippen LogP contribution is 2.35. The van der Waals surface area contributed by atoms with E-state index in [2.05, 4.69) is 4.52 Å². The molecule has 7 heteroatoms. The molecule has 0 heterocycles. The molecule has 0 radical (unpaired) electrons. The fourth-order valence-electron chi connectivity index (χ4n) is 0.295. The third kappa shape index (κ3) is 6.15. The first-order valence-electron chi connectivity index (χ1n) is 2.79. The van der Waals surface area contributed by atoms with Crippen LogP contribution < -0.4 is 5.73 Å². The number of rotatable bonds is 4. The zero-order valence-electron chi connectivity index (χ0n) is 5.93. The van der Waals surface area contributed by atoms with Crippen molar-refractivity contribution in [2.75, 3.05) is 6.61 Å². The number of carbonyl (C=O) groups is 1. The normalized spacial score (nSPS) is 14.5. The van der Waals surface area contributed by atoms with Crippen LogP contribution in [0.25, 0.3) is 0 Å². The van der Waals surface area contributed by atoms with E-state index in [-0.39, 0.29) is 5.78 Å². The Hall–Kier alpha value is -0.260. The summed E-state index contributed by atoms with van der Waals surface area (Å²) in [6.07, 6.45) is 0. The molecule has 0 rings (SSSR count). The maximum atomic E-state index is 10.4. The van der Waals surface area contributed by atoms with Gasteiger partial charge in [-0.2, -0.15) is 0 Å². The molecule has 0 spiro atoms. The Morgan fingerprint density at radius 3 is 2.45 bits per heavy atom. The summed E-state index contributed by atoms with van der Waals surface area (Å²) in [4.78, 5) is 26.7. The number of phosphoric ester groups is 1. The summed E-state index contributed by atoms with van der Waals surface area (Å²) in [5.41, 5.74) is 5.11. The summed E-state index contributed by atoms with van der Waals surface area (Å²) in [6.45, 7) is 0.757. The van der Waals surface area contributed by atoms with E-state index in [1.54, 1.807) is 0 Å². The van der Waals surface area contributed by atoms with Crippen LogP contribution in [0.1, 0.15) is 6.92 Å². The van der Waals surface area contributed by atoms with Crippen LogP contribution in [0.15, 0.2) is 0 Å². The molecule has 0 aromatic carbocycles. The maximum absolute atomic E-state index is 10.4. The fourth-order valence-corrected chi connectivity index (χ4v) is 0.650. The highest BCUT2D eigenvalue weighted by molar-refractivity contribution is 7.46. The Morgan fingerprint density at radius 2 is 2.18 bits per heavy atom. The first-order chi connectivity index (χ1) is 4.83. The lowest BCUT2D eigenvalue weighted by atomic mass is 10.2. The van der Waals surface area contributed by atoms with Crippen molar-refractivity contribution in [3.8, 4) is 0 Å². The second kappa shape index (κ2) is 3.94. The van der Waals surface area contributed by atoms with Crippen molar-refractivity contribution in [3.05, 3.63) is 0 Å². The molecular weight excluding hydrogens is 173 g/mol. The van der Waals surface area contributed by atoms with Gasteiger partial charge in [-0.1, -0.05) is 0 Å². The Balaban J connectivity index is 3.72. The fraction of sp³-hybridized carbons (Fsp3) is 0.750. The summed E-state index contributed by atoms with van der Waals surface area (Å²) in [5.74, 6) is -0.376. The zero-order chi connectivity index (χ0) is 9.07. The molecule has 0 saturated carbocycles. The third-order valence-electron chi connectivity index (χ3n) is 0.944. The van der Waals surface area contributed by atoms with Crippen molar-refractivity contribution in [1.29, 1.82) is 0 Å². The maximum Gasteiger partial charge on any atom is 0.469 e. The summed E-state index contributed by atoms with van der Waals surface area (Å²) < 4.78 is 14.0. The minimum Gasteiger partial charge on any atom is -0.320 e. The summed E-state index contributed by atoms with van der Waals surface area (Å²) in [7, 11) is -4.49. The van der Waals surface area contributed by atoms with Gasteiger partial charge in [-0.15, -0.1) is 0 Å². The molecule has 1 atom stereocenters. The van der Waals surface area contributed by atoms with Gasteiger partial charge in [0.1, 0.15) is 5.78 Å². The van der Waals surface area contributed by atoms with Gasteiger partial charge < -0.3 is 15.5 Å². The predicted molar refractivity (Wildman–Crippen MR) is 36.7 cm³/mol.